The van der Waals surface area contributed by atoms with Crippen LogP contribution in [-0.2, 0) is 14.2 Å². The van der Waals surface area contributed by atoms with Gasteiger partial charge in [-0.1, -0.05) is 38.3 Å². The number of morpholine rings is 3. The number of aromatic amines is 3. The Kier molecular flexibility index (Phi) is 20.8. The number of fused-ring (bicyclic) bond motifs is 6. The van der Waals surface area contributed by atoms with Gasteiger partial charge in [-0.05, 0) is 94.0 Å². The van der Waals surface area contributed by atoms with Crippen LogP contribution in [0.1, 0.15) is 95.6 Å². The first-order valence-electron chi connectivity index (χ1n) is 34.9. The highest BCUT2D eigenvalue weighted by Gasteiger charge is 2.33. The van der Waals surface area contributed by atoms with Crippen molar-refractivity contribution in [2.24, 2.45) is 5.92 Å². The summed E-state index contributed by atoms with van der Waals surface area (Å²) >= 11 is 6.36. The Balaban J connectivity index is 0.000000130. The number of rotatable bonds is 16. The summed E-state index contributed by atoms with van der Waals surface area (Å²) in [6, 6.07) is 11.3. The molecule has 31 heteroatoms. The van der Waals surface area contributed by atoms with Gasteiger partial charge in [-0.25, -0.2) is 0 Å². The van der Waals surface area contributed by atoms with E-state index in [2.05, 4.69) is 96.4 Å². The van der Waals surface area contributed by atoms with Crippen LogP contribution >= 0.6 is 11.6 Å². The van der Waals surface area contributed by atoms with Crippen LogP contribution in [-0.4, -0.2) is 214 Å². The van der Waals surface area contributed by atoms with Crippen LogP contribution in [0.25, 0.3) is 33.1 Å². The summed E-state index contributed by atoms with van der Waals surface area (Å²) in [5, 5.41) is 23.4. The number of nitrogens with one attached hydrogen (secondary N) is 9. The number of nitrogens with zero attached hydrogens (tertiary/aromatic N) is 9. The zero-order valence-electron chi connectivity index (χ0n) is 58.0. The molecular weight excluding hydrogens is 1330 g/mol. The molecule has 102 heavy (non-hydrogen) atoms. The molecule has 9 N–H and O–H groups in total. The number of carbonyl (C=O) groups is 3. The Morgan fingerprint density at radius 2 is 0.833 bits per heavy atom. The van der Waals surface area contributed by atoms with Crippen LogP contribution in [0.15, 0.2) is 55.0 Å². The lowest BCUT2D eigenvalue weighted by Crippen LogP contribution is -2.41. The highest BCUT2D eigenvalue weighted by atomic mass is 35.5. The van der Waals surface area contributed by atoms with Gasteiger partial charge in [0.25, 0.3) is 17.7 Å². The van der Waals surface area contributed by atoms with E-state index in [-0.39, 0.29) is 23.8 Å². The minimum atomic E-state index is -0.101. The zero-order chi connectivity index (χ0) is 70.4. The molecule has 538 valence electrons. The largest absolute Gasteiger partial charge is 0.485 e. The second-order valence-electron chi connectivity index (χ2n) is 26.3. The van der Waals surface area contributed by atoms with E-state index in [9.17, 15) is 14.4 Å². The highest BCUT2D eigenvalue weighted by molar-refractivity contribution is 6.36. The molecule has 3 amide bonds. The summed E-state index contributed by atoms with van der Waals surface area (Å²) in [6.45, 7) is 22.1. The summed E-state index contributed by atoms with van der Waals surface area (Å²) in [7, 11) is 0. The van der Waals surface area contributed by atoms with E-state index in [1.54, 1.807) is 45.2 Å². The number of amides is 3. The molecule has 0 bridgehead atoms. The fourth-order valence-electron chi connectivity index (χ4n) is 13.1. The maximum atomic E-state index is 13.2. The molecule has 3 aromatic carbocycles. The summed E-state index contributed by atoms with van der Waals surface area (Å²) in [5.41, 5.74) is 7.64. The SMILES string of the molecule is CC(C)CNc1nc(Nc2ccc(C(=O)N3CCOCC3)c3c2OCCO3)nc2[nH]cc(Cl)c12.Cc1c[nH]c2nc(Nc3ccc(C(=O)N4CCOCC4)c4c3OCCO4)nc(NC(C)C)c12.Cc1c[nH]c2nc(Nc3ccc(C(=O)N4CCOCC4)c4c3OCCO4)nc(NC3CCCC3)c12. The molecule has 1 saturated carbocycles. The molecule has 0 spiro atoms. The average Bonchev–Trinajstić information content (AvgIpc) is 0.851. The Bertz CT molecular complexity index is 4540. The highest BCUT2D eigenvalue weighted by Crippen LogP contribution is 2.46. The van der Waals surface area contributed by atoms with Crippen molar-refractivity contribution in [1.82, 2.24) is 59.6 Å². The molecule has 3 saturated heterocycles. The first kappa shape index (κ1) is 68.8. The summed E-state index contributed by atoms with van der Waals surface area (Å²) in [6.07, 6.45) is 10.3. The Morgan fingerprint density at radius 3 is 1.24 bits per heavy atom. The number of anilines is 9. The van der Waals surface area contributed by atoms with Crippen molar-refractivity contribution in [2.45, 2.75) is 79.3 Å². The molecule has 1 aliphatic carbocycles. The van der Waals surface area contributed by atoms with Crippen LogP contribution in [0.2, 0.25) is 5.02 Å². The second-order valence-corrected chi connectivity index (χ2v) is 26.7. The van der Waals surface area contributed by atoms with E-state index in [4.69, 9.17) is 69.2 Å². The van der Waals surface area contributed by atoms with Gasteiger partial charge in [0.2, 0.25) is 17.8 Å². The molecule has 6 aliphatic heterocycles. The molecular formula is C71H85ClN18O12. The predicted octanol–water partition coefficient (Wildman–Crippen LogP) is 10.3. The van der Waals surface area contributed by atoms with E-state index < -0.39 is 0 Å². The Morgan fingerprint density at radius 1 is 0.471 bits per heavy atom. The number of aromatic nitrogens is 9. The van der Waals surface area contributed by atoms with E-state index in [0.29, 0.717) is 233 Å². The minimum absolute atomic E-state index is 0.0795. The first-order valence-corrected chi connectivity index (χ1v) is 35.3. The van der Waals surface area contributed by atoms with Crippen LogP contribution in [0.3, 0.4) is 0 Å². The lowest BCUT2D eigenvalue weighted by atomic mass is 10.1. The molecule has 4 fully saturated rings. The zero-order valence-corrected chi connectivity index (χ0v) is 58.7. The number of hydrogen-bond acceptors (Lipinski definition) is 24. The predicted molar refractivity (Wildman–Crippen MR) is 386 cm³/mol. The Hall–Kier alpha value is -10.3. The van der Waals surface area contributed by atoms with Gasteiger partial charge < -0.3 is 104 Å². The number of hydrogen-bond donors (Lipinski definition) is 9. The standard InChI is InChI=1S/C25H30N6O4.C23H27ClN6O4.C23H28N6O4/c1-15-14-26-22-19(15)23(27-16-4-2-3-5-16)30-25(29-22)28-18-7-6-17(20-21(18)35-13-12-34-20)24(32)31-8-10-33-11-9-31;1-13(2)11-25-20-17-15(24)12-26-21(17)29-23(28-20)27-16-4-3-14(18-19(16)34-10-9-33-18)22(31)30-5-7-32-8-6-30;1-13(2)25-21-17-14(3)12-24-20(17)27-23(28-21)26-16-5-4-15(18-19(16)33-11-10-32-18)22(30)29-6-8-31-9-7-29/h6-7,14,16H,2-5,8-13H2,1H3,(H3,26,27,28,29,30);3-4,12-13H,5-11H2,1-2H3,(H3,25,26,27,28,29);4-5,12-13H,6-11H2,1-3H3,(H3,24,25,26,27,28). The van der Waals surface area contributed by atoms with Crippen molar-refractivity contribution in [3.63, 3.8) is 0 Å². The first-order chi connectivity index (χ1) is 49.7. The van der Waals surface area contributed by atoms with E-state index in [1.807, 2.05) is 31.5 Å². The molecule has 0 atom stereocenters. The fraction of sp³-hybridized carbons (Fsp3) is 0.451. The average molecular weight is 1420 g/mol. The third-order valence-electron chi connectivity index (χ3n) is 18.1. The van der Waals surface area contributed by atoms with Gasteiger partial charge in [0.05, 0.1) is 94.6 Å². The summed E-state index contributed by atoms with van der Waals surface area (Å²) in [4.78, 5) is 82.4. The third-order valence-corrected chi connectivity index (χ3v) is 18.4. The van der Waals surface area contributed by atoms with Crippen molar-refractivity contribution < 1.29 is 57.0 Å². The number of aryl methyl sites for hydroxylation is 2. The maximum Gasteiger partial charge on any atom is 0.257 e. The summed E-state index contributed by atoms with van der Waals surface area (Å²) < 4.78 is 51.7. The van der Waals surface area contributed by atoms with Gasteiger partial charge in [0.1, 0.15) is 74.0 Å². The smallest absolute Gasteiger partial charge is 0.257 e. The van der Waals surface area contributed by atoms with Gasteiger partial charge >= 0.3 is 0 Å². The van der Waals surface area contributed by atoms with Crippen LogP contribution in [0, 0.1) is 19.8 Å². The van der Waals surface area contributed by atoms with Gasteiger partial charge in [0, 0.05) is 76.5 Å². The molecule has 30 nitrogen and oxygen atoms in total. The Labute approximate surface area is 593 Å². The molecule has 7 aliphatic rings. The van der Waals surface area contributed by atoms with E-state index in [0.717, 1.165) is 69.6 Å². The minimum Gasteiger partial charge on any atom is -0.485 e. The quantitative estimate of drug-likeness (QED) is 0.0434. The van der Waals surface area contributed by atoms with Gasteiger partial charge in [0.15, 0.2) is 34.5 Å². The van der Waals surface area contributed by atoms with E-state index >= 15 is 0 Å². The molecule has 12 heterocycles. The monoisotopic (exact) mass is 1420 g/mol. The van der Waals surface area contributed by atoms with Crippen molar-refractivity contribution in [3.05, 3.63) is 87.8 Å². The molecule has 16 rings (SSSR count). The number of H-pyrrole nitrogens is 3. The van der Waals surface area contributed by atoms with Crippen LogP contribution in [0.5, 0.6) is 34.5 Å². The van der Waals surface area contributed by atoms with Crippen molar-refractivity contribution >= 4 is 115 Å². The van der Waals surface area contributed by atoms with Crippen LogP contribution in [0.4, 0.5) is 52.4 Å². The third kappa shape index (κ3) is 15.0. The lowest BCUT2D eigenvalue weighted by molar-refractivity contribution is 0.0296. The van der Waals surface area contributed by atoms with Gasteiger partial charge in [-0.3, -0.25) is 14.4 Å². The molecule has 0 radical (unpaired) electrons. The lowest BCUT2D eigenvalue weighted by Gasteiger charge is -2.29. The second kappa shape index (κ2) is 30.9. The van der Waals surface area contributed by atoms with E-state index in [1.165, 1.54) is 12.8 Å². The number of benzene rings is 3. The molecule has 0 unspecified atom stereocenters. The normalized spacial score (nSPS) is 16.5. The number of carbonyl (C=O) groups excluding carboxylic acids is 3. The summed E-state index contributed by atoms with van der Waals surface area (Å²) in [5.74, 6) is 6.39. The van der Waals surface area contributed by atoms with Crippen molar-refractivity contribution in [1.29, 1.82) is 0 Å². The number of ether oxygens (including phenoxy) is 9. The number of halogens is 1. The topological polar surface area (TPSA) is 341 Å². The maximum absolute atomic E-state index is 13.2. The van der Waals surface area contributed by atoms with Crippen molar-refractivity contribution in [3.8, 4) is 34.5 Å². The van der Waals surface area contributed by atoms with Crippen molar-refractivity contribution in [2.75, 3.05) is 157 Å². The fourth-order valence-corrected chi connectivity index (χ4v) is 13.3. The van der Waals surface area contributed by atoms with Gasteiger partial charge in [-0.15, -0.1) is 0 Å². The molecule has 6 aromatic heterocycles. The van der Waals surface area contributed by atoms with Crippen LogP contribution < -0.4 is 60.3 Å². The van der Waals surface area contributed by atoms with Gasteiger partial charge in [-0.2, -0.15) is 29.9 Å². The molecule has 9 aromatic rings.